The normalized spacial score (nSPS) is 12.5. The van der Waals surface area contributed by atoms with Crippen LogP contribution in [0.25, 0.3) is 0 Å². The molecule has 84 valence electrons. The number of nitrogens with zero attached hydrogens (tertiary/aromatic N) is 2. The Labute approximate surface area is 99.0 Å². The molecule has 0 aliphatic heterocycles. The van der Waals surface area contributed by atoms with Gasteiger partial charge < -0.3 is 10.1 Å². The lowest BCUT2D eigenvalue weighted by molar-refractivity contribution is 0.0855. The first-order valence-electron chi connectivity index (χ1n) is 4.67. The van der Waals surface area contributed by atoms with E-state index in [2.05, 4.69) is 15.3 Å². The molecule has 1 heterocycles. The standard InChI is InChI=1S/C9H13Cl2N3O/c1-3-15-6(2)4-12-8-7(10)5-13-9(11)14-8/h5-6H,3-4H2,1-2H3,(H,12,13,14). The Kier molecular flexibility index (Phi) is 5.08. The molecule has 15 heavy (non-hydrogen) atoms. The van der Waals surface area contributed by atoms with Gasteiger partial charge in [-0.3, -0.25) is 0 Å². The lowest BCUT2D eigenvalue weighted by Gasteiger charge is -2.13. The van der Waals surface area contributed by atoms with Gasteiger partial charge in [0, 0.05) is 13.2 Å². The highest BCUT2D eigenvalue weighted by atomic mass is 35.5. The molecule has 0 saturated carbocycles. The number of nitrogens with one attached hydrogen (secondary N) is 1. The second-order valence-corrected chi connectivity index (χ2v) is 3.73. The summed E-state index contributed by atoms with van der Waals surface area (Å²) in [6, 6.07) is 0. The highest BCUT2D eigenvalue weighted by Gasteiger charge is 2.06. The van der Waals surface area contributed by atoms with Crippen molar-refractivity contribution in [3.05, 3.63) is 16.5 Å². The summed E-state index contributed by atoms with van der Waals surface area (Å²) < 4.78 is 5.35. The van der Waals surface area contributed by atoms with Crippen molar-refractivity contribution in [3.63, 3.8) is 0 Å². The van der Waals surface area contributed by atoms with E-state index in [1.54, 1.807) is 0 Å². The van der Waals surface area contributed by atoms with Gasteiger partial charge in [0.2, 0.25) is 5.28 Å². The van der Waals surface area contributed by atoms with Crippen molar-refractivity contribution in [2.24, 2.45) is 0 Å². The van der Waals surface area contributed by atoms with Gasteiger partial charge in [0.05, 0.1) is 12.3 Å². The van der Waals surface area contributed by atoms with Crippen molar-refractivity contribution >= 4 is 29.0 Å². The third-order valence-corrected chi connectivity index (χ3v) is 2.18. The summed E-state index contributed by atoms with van der Waals surface area (Å²) in [5, 5.41) is 3.67. The lowest BCUT2D eigenvalue weighted by Crippen LogP contribution is -2.20. The fourth-order valence-corrected chi connectivity index (χ4v) is 1.34. The van der Waals surface area contributed by atoms with Gasteiger partial charge in [-0.25, -0.2) is 4.98 Å². The maximum atomic E-state index is 5.87. The van der Waals surface area contributed by atoms with E-state index in [-0.39, 0.29) is 11.4 Å². The molecule has 0 aliphatic carbocycles. The predicted molar refractivity (Wildman–Crippen MR) is 61.6 cm³/mol. The molecule has 0 saturated heterocycles. The minimum atomic E-state index is 0.0970. The molecule has 0 radical (unpaired) electrons. The molecule has 1 N–H and O–H groups in total. The fraction of sp³-hybridized carbons (Fsp3) is 0.556. The van der Waals surface area contributed by atoms with Gasteiger partial charge in [0.1, 0.15) is 10.8 Å². The van der Waals surface area contributed by atoms with Crippen molar-refractivity contribution in [1.82, 2.24) is 9.97 Å². The Morgan fingerprint density at radius 1 is 1.53 bits per heavy atom. The average Bonchev–Trinajstić information content (AvgIpc) is 2.20. The molecule has 0 amide bonds. The second kappa shape index (κ2) is 6.10. The van der Waals surface area contributed by atoms with Crippen LogP contribution in [0.15, 0.2) is 6.20 Å². The molecule has 0 aliphatic rings. The van der Waals surface area contributed by atoms with Crippen LogP contribution in [0.1, 0.15) is 13.8 Å². The summed E-state index contributed by atoms with van der Waals surface area (Å²) in [4.78, 5) is 7.71. The lowest BCUT2D eigenvalue weighted by atomic mass is 10.4. The van der Waals surface area contributed by atoms with E-state index in [0.29, 0.717) is 24.0 Å². The van der Waals surface area contributed by atoms with E-state index in [0.717, 1.165) is 0 Å². The van der Waals surface area contributed by atoms with Gasteiger partial charge in [-0.2, -0.15) is 4.98 Å². The molecule has 1 atom stereocenters. The van der Waals surface area contributed by atoms with Gasteiger partial charge in [0.15, 0.2) is 0 Å². The van der Waals surface area contributed by atoms with Crippen molar-refractivity contribution in [3.8, 4) is 0 Å². The molecule has 0 bridgehead atoms. The van der Waals surface area contributed by atoms with Crippen LogP contribution in [-0.4, -0.2) is 29.2 Å². The highest BCUT2D eigenvalue weighted by molar-refractivity contribution is 6.33. The third kappa shape index (κ3) is 4.20. The Balaban J connectivity index is 2.53. The van der Waals surface area contributed by atoms with Crippen LogP contribution in [0.4, 0.5) is 5.82 Å². The number of hydrogen-bond acceptors (Lipinski definition) is 4. The SMILES string of the molecule is CCOC(C)CNc1nc(Cl)ncc1Cl. The minimum absolute atomic E-state index is 0.0970. The smallest absolute Gasteiger partial charge is 0.224 e. The van der Waals surface area contributed by atoms with Crippen LogP contribution < -0.4 is 5.32 Å². The topological polar surface area (TPSA) is 47.0 Å². The predicted octanol–water partition coefficient (Wildman–Crippen LogP) is 2.62. The second-order valence-electron chi connectivity index (χ2n) is 2.98. The summed E-state index contributed by atoms with van der Waals surface area (Å²) in [7, 11) is 0. The Morgan fingerprint density at radius 2 is 2.27 bits per heavy atom. The third-order valence-electron chi connectivity index (χ3n) is 1.72. The first-order valence-corrected chi connectivity index (χ1v) is 5.42. The highest BCUT2D eigenvalue weighted by Crippen LogP contribution is 2.19. The Bertz CT molecular complexity index is 322. The monoisotopic (exact) mass is 249 g/mol. The number of halogens is 2. The number of aromatic nitrogens is 2. The Morgan fingerprint density at radius 3 is 2.93 bits per heavy atom. The molecular formula is C9H13Cl2N3O. The zero-order valence-electron chi connectivity index (χ0n) is 8.63. The molecule has 6 heteroatoms. The Hall–Kier alpha value is -0.580. The molecule has 4 nitrogen and oxygen atoms in total. The molecule has 1 rings (SSSR count). The average molecular weight is 250 g/mol. The summed E-state index contributed by atoms with van der Waals surface area (Å²) in [5.41, 5.74) is 0. The number of rotatable bonds is 5. The van der Waals surface area contributed by atoms with Gasteiger partial charge in [-0.15, -0.1) is 0 Å². The van der Waals surface area contributed by atoms with Crippen LogP contribution in [0, 0.1) is 0 Å². The van der Waals surface area contributed by atoms with E-state index in [9.17, 15) is 0 Å². The fourth-order valence-electron chi connectivity index (χ4n) is 1.05. The first kappa shape index (κ1) is 12.5. The molecule has 0 spiro atoms. The van der Waals surface area contributed by atoms with Crippen LogP contribution in [0.5, 0.6) is 0 Å². The first-order chi connectivity index (χ1) is 7.13. The van der Waals surface area contributed by atoms with Gasteiger partial charge in [-0.1, -0.05) is 11.6 Å². The summed E-state index contributed by atoms with van der Waals surface area (Å²) in [5.74, 6) is 0.531. The van der Waals surface area contributed by atoms with Gasteiger partial charge in [-0.05, 0) is 25.4 Å². The van der Waals surface area contributed by atoms with E-state index in [1.807, 2.05) is 13.8 Å². The van der Waals surface area contributed by atoms with E-state index >= 15 is 0 Å². The number of ether oxygens (including phenoxy) is 1. The molecular weight excluding hydrogens is 237 g/mol. The summed E-state index contributed by atoms with van der Waals surface area (Å²) in [6.07, 6.45) is 1.56. The van der Waals surface area contributed by atoms with Gasteiger partial charge >= 0.3 is 0 Å². The zero-order valence-corrected chi connectivity index (χ0v) is 10.1. The van der Waals surface area contributed by atoms with Crippen molar-refractivity contribution < 1.29 is 4.74 Å². The van der Waals surface area contributed by atoms with Crippen LogP contribution in [0.2, 0.25) is 10.3 Å². The molecule has 0 fully saturated rings. The van der Waals surface area contributed by atoms with Gasteiger partial charge in [0.25, 0.3) is 0 Å². The van der Waals surface area contributed by atoms with Crippen molar-refractivity contribution in [1.29, 1.82) is 0 Å². The maximum Gasteiger partial charge on any atom is 0.224 e. The van der Waals surface area contributed by atoms with Crippen LogP contribution in [0.3, 0.4) is 0 Å². The number of hydrogen-bond donors (Lipinski definition) is 1. The molecule has 1 aromatic rings. The van der Waals surface area contributed by atoms with Crippen LogP contribution in [-0.2, 0) is 4.74 Å². The van der Waals surface area contributed by atoms with Crippen molar-refractivity contribution in [2.45, 2.75) is 20.0 Å². The van der Waals surface area contributed by atoms with E-state index in [1.165, 1.54) is 6.20 Å². The summed E-state index contributed by atoms with van der Waals surface area (Å²) in [6.45, 7) is 5.22. The zero-order chi connectivity index (χ0) is 11.3. The van der Waals surface area contributed by atoms with Crippen LogP contribution >= 0.6 is 23.2 Å². The van der Waals surface area contributed by atoms with Crippen molar-refractivity contribution in [2.75, 3.05) is 18.5 Å². The minimum Gasteiger partial charge on any atom is -0.377 e. The summed E-state index contributed by atoms with van der Waals surface area (Å²) >= 11 is 11.5. The molecule has 0 aromatic carbocycles. The molecule has 1 unspecified atom stereocenters. The van der Waals surface area contributed by atoms with E-state index in [4.69, 9.17) is 27.9 Å². The largest absolute Gasteiger partial charge is 0.377 e. The quantitative estimate of drug-likeness (QED) is 0.816. The van der Waals surface area contributed by atoms with E-state index < -0.39 is 0 Å². The maximum absolute atomic E-state index is 5.87. The molecule has 1 aromatic heterocycles. The number of anilines is 1.